The van der Waals surface area contributed by atoms with Crippen LogP contribution in [0.5, 0.6) is 0 Å². The van der Waals surface area contributed by atoms with Gasteiger partial charge in [-0.25, -0.2) is 0 Å². The smallest absolute Gasteiger partial charge is 0.200 e. The molecular formula is C16H11ClF3N3O2S. The Balaban J connectivity index is 2.10. The molecule has 0 saturated carbocycles. The van der Waals surface area contributed by atoms with Crippen LogP contribution < -0.4 is 4.83 Å². The molecule has 0 atom stereocenters. The maximum absolute atomic E-state index is 13.1. The molecule has 0 amide bonds. The van der Waals surface area contributed by atoms with Gasteiger partial charge in [-0.05, 0) is 30.3 Å². The highest BCUT2D eigenvalue weighted by Gasteiger charge is 2.35. The van der Waals surface area contributed by atoms with Crippen molar-refractivity contribution in [2.75, 3.05) is 4.83 Å². The number of hydrogen-bond donors (Lipinski definition) is 1. The summed E-state index contributed by atoms with van der Waals surface area (Å²) in [6.45, 7) is 0. The molecule has 1 N–H and O–H groups in total. The molecule has 2 aromatic carbocycles. The Morgan fingerprint density at radius 2 is 1.69 bits per heavy atom. The lowest BCUT2D eigenvalue weighted by atomic mass is 10.1. The fourth-order valence-electron chi connectivity index (χ4n) is 2.21. The number of hydrogen-bond acceptors (Lipinski definition) is 3. The Labute approximate surface area is 152 Å². The topological polar surface area (TPSA) is 64.0 Å². The standard InChI is InChI=1S/C16H11ClF3N3O2S/c17-12-6-4-5-11(9-12)14-10-15(16(18,19)20)21-23(14)22-26(24,25)13-7-2-1-3-8-13/h1-10,22H. The van der Waals surface area contributed by atoms with Gasteiger partial charge in [-0.15, -0.1) is 5.10 Å². The molecule has 136 valence electrons. The summed E-state index contributed by atoms with van der Waals surface area (Å²) in [5.74, 6) is 0. The van der Waals surface area contributed by atoms with Gasteiger partial charge in [-0.1, -0.05) is 41.9 Å². The number of aromatic nitrogens is 2. The average molecular weight is 402 g/mol. The molecule has 0 aliphatic carbocycles. The zero-order chi connectivity index (χ0) is 18.9. The summed E-state index contributed by atoms with van der Waals surface area (Å²) in [5.41, 5.74) is -1.06. The number of nitrogens with one attached hydrogen (secondary N) is 1. The van der Waals surface area contributed by atoms with Gasteiger partial charge in [0.15, 0.2) is 5.69 Å². The summed E-state index contributed by atoms with van der Waals surface area (Å²) < 4.78 is 64.0. The van der Waals surface area contributed by atoms with Crippen LogP contribution in [0.4, 0.5) is 13.2 Å². The van der Waals surface area contributed by atoms with Crippen molar-refractivity contribution < 1.29 is 21.6 Å². The van der Waals surface area contributed by atoms with Gasteiger partial charge >= 0.3 is 6.18 Å². The van der Waals surface area contributed by atoms with Crippen molar-refractivity contribution in [3.63, 3.8) is 0 Å². The van der Waals surface area contributed by atoms with Crippen molar-refractivity contribution in [2.24, 2.45) is 0 Å². The second-order valence-corrected chi connectivity index (χ2v) is 7.34. The third-order valence-electron chi connectivity index (χ3n) is 3.38. The van der Waals surface area contributed by atoms with Gasteiger partial charge in [0, 0.05) is 10.6 Å². The lowest BCUT2D eigenvalue weighted by Crippen LogP contribution is -2.25. The molecule has 3 aromatic rings. The van der Waals surface area contributed by atoms with Crippen LogP contribution in [0.1, 0.15) is 5.69 Å². The van der Waals surface area contributed by atoms with Crippen LogP contribution in [0.3, 0.4) is 0 Å². The van der Waals surface area contributed by atoms with E-state index in [1.807, 2.05) is 4.83 Å². The highest BCUT2D eigenvalue weighted by molar-refractivity contribution is 7.92. The van der Waals surface area contributed by atoms with Gasteiger partial charge in [0.05, 0.1) is 10.6 Å². The van der Waals surface area contributed by atoms with Crippen molar-refractivity contribution in [2.45, 2.75) is 11.1 Å². The first kappa shape index (κ1) is 18.3. The largest absolute Gasteiger partial charge is 0.435 e. The van der Waals surface area contributed by atoms with E-state index in [9.17, 15) is 21.6 Å². The molecule has 5 nitrogen and oxygen atoms in total. The van der Waals surface area contributed by atoms with Crippen LogP contribution in [0.15, 0.2) is 65.6 Å². The van der Waals surface area contributed by atoms with Crippen LogP contribution in [0.2, 0.25) is 5.02 Å². The van der Waals surface area contributed by atoms with E-state index in [0.29, 0.717) is 4.79 Å². The average Bonchev–Trinajstić information content (AvgIpc) is 2.99. The molecule has 0 aliphatic rings. The fraction of sp³-hybridized carbons (Fsp3) is 0.0625. The molecule has 0 bridgehead atoms. The Bertz CT molecular complexity index is 1030. The molecule has 0 spiro atoms. The maximum Gasteiger partial charge on any atom is 0.435 e. The maximum atomic E-state index is 13.1. The summed E-state index contributed by atoms with van der Waals surface area (Å²) >= 11 is 5.88. The van der Waals surface area contributed by atoms with E-state index in [4.69, 9.17) is 11.6 Å². The number of halogens is 4. The zero-order valence-electron chi connectivity index (χ0n) is 12.9. The van der Waals surface area contributed by atoms with E-state index in [0.717, 1.165) is 6.07 Å². The van der Waals surface area contributed by atoms with Gasteiger partial charge in [0.25, 0.3) is 10.0 Å². The normalized spacial score (nSPS) is 12.2. The number of sulfonamides is 1. The Morgan fingerprint density at radius 1 is 1.00 bits per heavy atom. The number of alkyl halides is 3. The summed E-state index contributed by atoms with van der Waals surface area (Å²) in [6.07, 6.45) is -4.74. The van der Waals surface area contributed by atoms with Crippen LogP contribution >= 0.6 is 11.6 Å². The second-order valence-electron chi connectivity index (χ2n) is 5.24. The molecule has 0 saturated heterocycles. The molecular weight excluding hydrogens is 391 g/mol. The second kappa shape index (κ2) is 6.65. The Kier molecular flexibility index (Phi) is 4.68. The first-order valence-electron chi connectivity index (χ1n) is 7.18. The van der Waals surface area contributed by atoms with Crippen LogP contribution in [0.25, 0.3) is 11.3 Å². The van der Waals surface area contributed by atoms with Crippen LogP contribution in [0, 0.1) is 0 Å². The molecule has 1 heterocycles. The summed E-state index contributed by atoms with van der Waals surface area (Å²) in [4.78, 5) is 2.52. The highest BCUT2D eigenvalue weighted by atomic mass is 35.5. The number of rotatable bonds is 4. The van der Waals surface area contributed by atoms with E-state index >= 15 is 0 Å². The van der Waals surface area contributed by atoms with Crippen LogP contribution in [-0.4, -0.2) is 18.3 Å². The monoisotopic (exact) mass is 401 g/mol. The lowest BCUT2D eigenvalue weighted by molar-refractivity contribution is -0.141. The summed E-state index contributed by atoms with van der Waals surface area (Å²) in [7, 11) is -4.14. The number of nitrogens with zero attached hydrogens (tertiary/aromatic N) is 2. The molecule has 0 unspecified atom stereocenters. The van der Waals surface area contributed by atoms with Gasteiger partial charge < -0.3 is 0 Å². The third-order valence-corrected chi connectivity index (χ3v) is 4.92. The van der Waals surface area contributed by atoms with Gasteiger partial charge in [-0.2, -0.15) is 31.2 Å². The van der Waals surface area contributed by atoms with E-state index in [-0.39, 0.29) is 21.2 Å². The molecule has 0 aliphatic heterocycles. The van der Waals surface area contributed by atoms with E-state index < -0.39 is 21.9 Å². The van der Waals surface area contributed by atoms with E-state index in [2.05, 4.69) is 5.10 Å². The predicted octanol–water partition coefficient (Wildman–Crippen LogP) is 4.15. The summed E-state index contributed by atoms with van der Waals surface area (Å²) in [5, 5.41) is 3.64. The minimum Gasteiger partial charge on any atom is -0.200 e. The van der Waals surface area contributed by atoms with Gasteiger partial charge in [0.1, 0.15) is 0 Å². The minimum atomic E-state index is -4.74. The first-order chi connectivity index (χ1) is 12.2. The first-order valence-corrected chi connectivity index (χ1v) is 9.04. The van der Waals surface area contributed by atoms with Gasteiger partial charge in [0.2, 0.25) is 0 Å². The van der Waals surface area contributed by atoms with E-state index in [1.54, 1.807) is 12.1 Å². The van der Waals surface area contributed by atoms with Crippen molar-refractivity contribution in [1.82, 2.24) is 9.89 Å². The van der Waals surface area contributed by atoms with Crippen LogP contribution in [-0.2, 0) is 16.2 Å². The van der Waals surface area contributed by atoms with Crippen molar-refractivity contribution >= 4 is 21.6 Å². The molecule has 0 radical (unpaired) electrons. The molecule has 10 heteroatoms. The van der Waals surface area contributed by atoms with Crippen molar-refractivity contribution in [1.29, 1.82) is 0 Å². The quantitative estimate of drug-likeness (QED) is 0.714. The molecule has 3 rings (SSSR count). The van der Waals surface area contributed by atoms with Gasteiger partial charge in [-0.3, -0.25) is 0 Å². The van der Waals surface area contributed by atoms with Crippen molar-refractivity contribution in [3.05, 3.63) is 71.4 Å². The highest BCUT2D eigenvalue weighted by Crippen LogP contribution is 2.32. The van der Waals surface area contributed by atoms with Crippen molar-refractivity contribution in [3.8, 4) is 11.3 Å². The summed E-state index contributed by atoms with van der Waals surface area (Å²) in [6, 6.07) is 14.0. The molecule has 1 aromatic heterocycles. The SMILES string of the molecule is O=S(=O)(Nn1nc(C(F)(F)F)cc1-c1cccc(Cl)c1)c1ccccc1. The predicted molar refractivity (Wildman–Crippen MR) is 90.7 cm³/mol. The fourth-order valence-corrected chi connectivity index (χ4v) is 3.39. The third kappa shape index (κ3) is 3.83. The Morgan fingerprint density at radius 3 is 2.31 bits per heavy atom. The zero-order valence-corrected chi connectivity index (χ0v) is 14.5. The number of benzene rings is 2. The van der Waals surface area contributed by atoms with E-state index in [1.165, 1.54) is 42.5 Å². The minimum absolute atomic E-state index is 0.0978. The molecule has 26 heavy (non-hydrogen) atoms. The Hall–Kier alpha value is -2.52. The lowest BCUT2D eigenvalue weighted by Gasteiger charge is -2.11. The molecule has 0 fully saturated rings.